The fourth-order valence-electron chi connectivity index (χ4n) is 2.38. The third kappa shape index (κ3) is 4.00. The molecule has 2 atom stereocenters. The van der Waals surface area contributed by atoms with Crippen molar-refractivity contribution in [2.75, 3.05) is 6.54 Å². The Hall–Kier alpha value is -0.970. The van der Waals surface area contributed by atoms with Gasteiger partial charge in [-0.3, -0.25) is 4.79 Å². The summed E-state index contributed by atoms with van der Waals surface area (Å²) < 4.78 is 26.4. The molecule has 1 aromatic rings. The van der Waals surface area contributed by atoms with E-state index in [0.29, 0.717) is 17.3 Å². The van der Waals surface area contributed by atoms with Crippen LogP contribution in [0.4, 0.5) is 8.78 Å². The van der Waals surface area contributed by atoms with E-state index in [2.05, 4.69) is 21.2 Å². The predicted molar refractivity (Wildman–Crippen MR) is 73.1 cm³/mol. The maximum atomic E-state index is 13.4. The van der Waals surface area contributed by atoms with Crippen LogP contribution < -0.4 is 5.32 Å². The summed E-state index contributed by atoms with van der Waals surface area (Å²) in [5.74, 6) is -1.63. The first kappa shape index (κ1) is 14.4. The molecule has 104 valence electrons. The smallest absolute Gasteiger partial charge is 0.224 e. The van der Waals surface area contributed by atoms with Gasteiger partial charge in [0, 0.05) is 16.9 Å². The highest BCUT2D eigenvalue weighted by molar-refractivity contribution is 9.09. The summed E-state index contributed by atoms with van der Waals surface area (Å²) in [6.45, 7) is 0.609. The molecule has 0 saturated heterocycles. The van der Waals surface area contributed by atoms with E-state index in [-0.39, 0.29) is 17.9 Å². The molecule has 0 bridgehead atoms. The van der Waals surface area contributed by atoms with Crippen molar-refractivity contribution in [2.24, 2.45) is 5.92 Å². The minimum Gasteiger partial charge on any atom is -0.356 e. The summed E-state index contributed by atoms with van der Waals surface area (Å²) in [4.78, 5) is 12.2. The SMILES string of the molecule is O=C(Cc1cccc(F)c1F)NCC1CCC(Br)C1. The van der Waals surface area contributed by atoms with Crippen molar-refractivity contribution >= 4 is 21.8 Å². The predicted octanol–water partition coefficient (Wildman–Crippen LogP) is 3.19. The molecule has 1 fully saturated rings. The second-order valence-electron chi connectivity index (χ2n) is 4.97. The number of nitrogens with one attached hydrogen (secondary N) is 1. The summed E-state index contributed by atoms with van der Waals surface area (Å²) in [5, 5.41) is 2.79. The molecule has 0 radical (unpaired) electrons. The van der Waals surface area contributed by atoms with Gasteiger partial charge < -0.3 is 5.32 Å². The minimum atomic E-state index is -0.931. The number of carbonyl (C=O) groups excluding carboxylic acids is 1. The van der Waals surface area contributed by atoms with Crippen LogP contribution in [0.3, 0.4) is 0 Å². The Labute approximate surface area is 119 Å². The van der Waals surface area contributed by atoms with Crippen molar-refractivity contribution in [1.29, 1.82) is 0 Å². The highest BCUT2D eigenvalue weighted by atomic mass is 79.9. The van der Waals surface area contributed by atoms with Gasteiger partial charge >= 0.3 is 0 Å². The van der Waals surface area contributed by atoms with Crippen LogP contribution in [0.2, 0.25) is 0 Å². The molecule has 5 heteroatoms. The molecule has 1 N–H and O–H groups in total. The van der Waals surface area contributed by atoms with E-state index < -0.39 is 11.6 Å². The van der Waals surface area contributed by atoms with Crippen molar-refractivity contribution in [3.8, 4) is 0 Å². The Morgan fingerprint density at radius 3 is 2.84 bits per heavy atom. The molecule has 2 unspecified atom stereocenters. The molecule has 1 aromatic carbocycles. The van der Waals surface area contributed by atoms with Crippen LogP contribution in [0.1, 0.15) is 24.8 Å². The third-order valence-electron chi connectivity index (χ3n) is 3.45. The molecule has 1 aliphatic carbocycles. The van der Waals surface area contributed by atoms with Crippen molar-refractivity contribution in [3.05, 3.63) is 35.4 Å². The molecule has 0 aromatic heterocycles. The van der Waals surface area contributed by atoms with Crippen LogP contribution in [0.25, 0.3) is 0 Å². The number of amides is 1. The molecular formula is C14H16BrF2NO. The zero-order valence-corrected chi connectivity index (χ0v) is 12.1. The Kier molecular flexibility index (Phi) is 4.91. The van der Waals surface area contributed by atoms with Gasteiger partial charge in [-0.15, -0.1) is 0 Å². The zero-order chi connectivity index (χ0) is 13.8. The number of hydrogen-bond donors (Lipinski definition) is 1. The largest absolute Gasteiger partial charge is 0.356 e. The molecule has 1 saturated carbocycles. The first-order chi connectivity index (χ1) is 9.06. The summed E-state index contributed by atoms with van der Waals surface area (Å²) in [6.07, 6.45) is 3.15. The lowest BCUT2D eigenvalue weighted by atomic mass is 10.1. The van der Waals surface area contributed by atoms with E-state index in [4.69, 9.17) is 0 Å². The molecular weight excluding hydrogens is 316 g/mol. The molecule has 0 aliphatic heterocycles. The van der Waals surface area contributed by atoms with E-state index in [1.165, 1.54) is 12.1 Å². The molecule has 0 heterocycles. The lowest BCUT2D eigenvalue weighted by Crippen LogP contribution is -2.30. The van der Waals surface area contributed by atoms with Crippen LogP contribution in [0.15, 0.2) is 18.2 Å². The van der Waals surface area contributed by atoms with Crippen molar-refractivity contribution < 1.29 is 13.6 Å². The highest BCUT2D eigenvalue weighted by Crippen LogP contribution is 2.29. The fraction of sp³-hybridized carbons (Fsp3) is 0.500. The number of benzene rings is 1. The van der Waals surface area contributed by atoms with Crippen molar-refractivity contribution in [2.45, 2.75) is 30.5 Å². The van der Waals surface area contributed by atoms with Gasteiger partial charge in [0.05, 0.1) is 6.42 Å². The van der Waals surface area contributed by atoms with Crippen LogP contribution in [0, 0.1) is 17.6 Å². The van der Waals surface area contributed by atoms with Crippen molar-refractivity contribution in [1.82, 2.24) is 5.32 Å². The second kappa shape index (κ2) is 6.46. The number of alkyl halides is 1. The highest BCUT2D eigenvalue weighted by Gasteiger charge is 2.22. The number of rotatable bonds is 4. The van der Waals surface area contributed by atoms with Gasteiger partial charge in [-0.05, 0) is 31.2 Å². The summed E-state index contributed by atoms with van der Waals surface area (Å²) >= 11 is 3.55. The lowest BCUT2D eigenvalue weighted by molar-refractivity contribution is -0.120. The van der Waals surface area contributed by atoms with Crippen LogP contribution in [-0.2, 0) is 11.2 Å². The van der Waals surface area contributed by atoms with E-state index in [1.807, 2.05) is 0 Å². The fourth-order valence-corrected chi connectivity index (χ4v) is 3.17. The molecule has 1 amide bonds. The monoisotopic (exact) mass is 331 g/mol. The Balaban J connectivity index is 1.82. The first-order valence-corrected chi connectivity index (χ1v) is 7.31. The third-order valence-corrected chi connectivity index (χ3v) is 4.28. The summed E-state index contributed by atoms with van der Waals surface area (Å²) in [6, 6.07) is 3.89. The zero-order valence-electron chi connectivity index (χ0n) is 10.5. The van der Waals surface area contributed by atoms with Crippen LogP contribution in [0.5, 0.6) is 0 Å². The van der Waals surface area contributed by atoms with Gasteiger partial charge in [-0.25, -0.2) is 8.78 Å². The maximum Gasteiger partial charge on any atom is 0.224 e. The number of carbonyl (C=O) groups is 1. The molecule has 1 aliphatic rings. The standard InChI is InChI=1S/C14H16BrF2NO/c15-11-5-4-9(6-11)8-18-13(19)7-10-2-1-3-12(16)14(10)17/h1-3,9,11H,4-8H2,(H,18,19). The quantitative estimate of drug-likeness (QED) is 0.843. The van der Waals surface area contributed by atoms with Gasteiger partial charge in [-0.2, -0.15) is 0 Å². The summed E-state index contributed by atoms with van der Waals surface area (Å²) in [5.41, 5.74) is 0.0993. The van der Waals surface area contributed by atoms with Gasteiger partial charge in [0.15, 0.2) is 11.6 Å². The summed E-state index contributed by atoms with van der Waals surface area (Å²) in [7, 11) is 0. The van der Waals surface area contributed by atoms with E-state index in [0.717, 1.165) is 25.3 Å². The average Bonchev–Trinajstić information content (AvgIpc) is 2.78. The average molecular weight is 332 g/mol. The van der Waals surface area contributed by atoms with Crippen LogP contribution in [-0.4, -0.2) is 17.3 Å². The second-order valence-corrected chi connectivity index (χ2v) is 6.27. The van der Waals surface area contributed by atoms with E-state index in [9.17, 15) is 13.6 Å². The Morgan fingerprint density at radius 1 is 1.37 bits per heavy atom. The van der Waals surface area contributed by atoms with E-state index >= 15 is 0 Å². The van der Waals surface area contributed by atoms with E-state index in [1.54, 1.807) is 0 Å². The van der Waals surface area contributed by atoms with Crippen molar-refractivity contribution in [3.63, 3.8) is 0 Å². The maximum absolute atomic E-state index is 13.4. The Morgan fingerprint density at radius 2 is 2.16 bits per heavy atom. The topological polar surface area (TPSA) is 29.1 Å². The molecule has 2 rings (SSSR count). The van der Waals surface area contributed by atoms with Gasteiger partial charge in [0.1, 0.15) is 0 Å². The number of halogens is 3. The normalized spacial score (nSPS) is 22.5. The number of hydrogen-bond acceptors (Lipinski definition) is 1. The minimum absolute atomic E-state index is 0.0993. The lowest BCUT2D eigenvalue weighted by Gasteiger charge is -2.11. The molecule has 0 spiro atoms. The first-order valence-electron chi connectivity index (χ1n) is 6.40. The molecule has 19 heavy (non-hydrogen) atoms. The van der Waals surface area contributed by atoms with Gasteiger partial charge in [0.25, 0.3) is 0 Å². The Bertz CT molecular complexity index is 467. The van der Waals surface area contributed by atoms with Crippen LogP contribution >= 0.6 is 15.9 Å². The van der Waals surface area contributed by atoms with Gasteiger partial charge in [-0.1, -0.05) is 28.1 Å². The van der Waals surface area contributed by atoms with Gasteiger partial charge in [0.2, 0.25) is 5.91 Å². The molecule has 2 nitrogen and oxygen atoms in total.